The molecule has 0 amide bonds. The van der Waals surface area contributed by atoms with Crippen molar-refractivity contribution < 1.29 is 19.0 Å². The van der Waals surface area contributed by atoms with Crippen molar-refractivity contribution in [1.29, 1.82) is 0 Å². The molecule has 0 spiro atoms. The highest BCUT2D eigenvalue weighted by molar-refractivity contribution is 5.38. The third-order valence-corrected chi connectivity index (χ3v) is 3.17. The van der Waals surface area contributed by atoms with Gasteiger partial charge >= 0.3 is 0 Å². The van der Waals surface area contributed by atoms with Gasteiger partial charge in [-0.05, 0) is 19.1 Å². The average Bonchev–Trinajstić information content (AvgIpc) is 2.38. The minimum Gasteiger partial charge on any atom is -0.390 e. The number of rotatable bonds is 3. The molecule has 2 nitrogen and oxygen atoms in total. The van der Waals surface area contributed by atoms with E-state index < -0.39 is 23.3 Å². The Hall–Kier alpha value is -1.78. The normalized spacial score (nSPS) is 13.3. The molecule has 0 unspecified atom stereocenters. The predicted molar refractivity (Wildman–Crippen MR) is 67.5 cm³/mol. The summed E-state index contributed by atoms with van der Waals surface area (Å²) in [5.41, 5.74) is -2.44. The Morgan fingerprint density at radius 3 is 1.58 bits per heavy atom. The monoisotopic (exact) mass is 264 g/mol. The molecule has 0 saturated heterocycles. The third-order valence-electron chi connectivity index (χ3n) is 3.17. The molecular weight excluding hydrogens is 250 g/mol. The van der Waals surface area contributed by atoms with Crippen molar-refractivity contribution in [3.63, 3.8) is 0 Å². The van der Waals surface area contributed by atoms with Crippen LogP contribution in [0.15, 0.2) is 48.5 Å². The van der Waals surface area contributed by atoms with Crippen LogP contribution in [-0.2, 0) is 5.60 Å². The molecule has 100 valence electrons. The summed E-state index contributed by atoms with van der Waals surface area (Å²) in [4.78, 5) is 0. The molecule has 0 saturated carbocycles. The lowest BCUT2D eigenvalue weighted by Crippen LogP contribution is -2.40. The minimum absolute atomic E-state index is 0.157. The molecule has 1 atom stereocenters. The minimum atomic E-state index is -2.13. The lowest BCUT2D eigenvalue weighted by Gasteiger charge is -2.32. The molecule has 0 aliphatic rings. The zero-order valence-corrected chi connectivity index (χ0v) is 10.3. The number of aliphatic hydroxyl groups is 2. The topological polar surface area (TPSA) is 40.5 Å². The fourth-order valence-electron chi connectivity index (χ4n) is 2.14. The van der Waals surface area contributed by atoms with E-state index in [4.69, 9.17) is 0 Å². The van der Waals surface area contributed by atoms with Gasteiger partial charge in [0.2, 0.25) is 0 Å². The van der Waals surface area contributed by atoms with Crippen LogP contribution < -0.4 is 0 Å². The van der Waals surface area contributed by atoms with Crippen LogP contribution in [0.3, 0.4) is 0 Å². The highest BCUT2D eigenvalue weighted by Gasteiger charge is 2.40. The summed E-state index contributed by atoms with van der Waals surface area (Å²) in [6, 6.07) is 10.9. The summed E-state index contributed by atoms with van der Waals surface area (Å²) in [7, 11) is 0. The van der Waals surface area contributed by atoms with Crippen molar-refractivity contribution in [2.24, 2.45) is 0 Å². The first-order chi connectivity index (χ1) is 8.98. The fraction of sp³-hybridized carbons (Fsp3) is 0.200. The van der Waals surface area contributed by atoms with Gasteiger partial charge in [-0.25, -0.2) is 8.78 Å². The molecule has 0 bridgehead atoms. The zero-order chi connectivity index (χ0) is 14.0. The third kappa shape index (κ3) is 2.25. The van der Waals surface area contributed by atoms with Crippen LogP contribution in [0.25, 0.3) is 0 Å². The molecule has 0 aliphatic heterocycles. The molecule has 2 aromatic rings. The fourth-order valence-corrected chi connectivity index (χ4v) is 2.14. The van der Waals surface area contributed by atoms with Crippen LogP contribution in [-0.4, -0.2) is 16.3 Å². The molecule has 4 heteroatoms. The average molecular weight is 264 g/mol. The van der Waals surface area contributed by atoms with Crippen LogP contribution in [0.1, 0.15) is 18.1 Å². The SMILES string of the molecule is C[C@H](O)C(O)(c1ccccc1F)c1ccccc1F. The van der Waals surface area contributed by atoms with Crippen molar-refractivity contribution in [2.45, 2.75) is 18.6 Å². The highest BCUT2D eigenvalue weighted by Crippen LogP contribution is 2.35. The maximum absolute atomic E-state index is 13.9. The zero-order valence-electron chi connectivity index (χ0n) is 10.3. The molecule has 2 aromatic carbocycles. The summed E-state index contributed by atoms with van der Waals surface area (Å²) in [5.74, 6) is -1.40. The van der Waals surface area contributed by atoms with Gasteiger partial charge in [0.05, 0.1) is 6.10 Å². The van der Waals surface area contributed by atoms with Crippen LogP contribution in [0.2, 0.25) is 0 Å². The van der Waals surface area contributed by atoms with Crippen molar-refractivity contribution in [2.75, 3.05) is 0 Å². The van der Waals surface area contributed by atoms with E-state index in [2.05, 4.69) is 0 Å². The first-order valence-electron chi connectivity index (χ1n) is 5.88. The van der Waals surface area contributed by atoms with E-state index in [0.29, 0.717) is 0 Å². The lowest BCUT2D eigenvalue weighted by molar-refractivity contribution is -0.0439. The Kier molecular flexibility index (Phi) is 3.64. The van der Waals surface area contributed by atoms with E-state index in [0.717, 1.165) is 12.1 Å². The molecule has 0 fully saturated rings. The van der Waals surface area contributed by atoms with E-state index >= 15 is 0 Å². The molecule has 0 aliphatic carbocycles. The maximum Gasteiger partial charge on any atom is 0.146 e. The summed E-state index contributed by atoms with van der Waals surface area (Å²) in [6.07, 6.45) is -1.37. The Labute approximate surface area is 110 Å². The molecule has 0 aromatic heterocycles. The van der Waals surface area contributed by atoms with Gasteiger partial charge in [0.25, 0.3) is 0 Å². The van der Waals surface area contributed by atoms with E-state index in [1.165, 1.54) is 43.3 Å². The first kappa shape index (κ1) is 13.6. The second kappa shape index (κ2) is 5.07. The van der Waals surface area contributed by atoms with Gasteiger partial charge in [0.1, 0.15) is 17.2 Å². The van der Waals surface area contributed by atoms with Gasteiger partial charge in [-0.3, -0.25) is 0 Å². The number of hydrogen-bond donors (Lipinski definition) is 2. The van der Waals surface area contributed by atoms with E-state index in [9.17, 15) is 19.0 Å². The predicted octanol–water partition coefficient (Wildman–Crippen LogP) is 2.58. The Morgan fingerprint density at radius 2 is 1.26 bits per heavy atom. The van der Waals surface area contributed by atoms with E-state index in [-0.39, 0.29) is 11.1 Å². The lowest BCUT2D eigenvalue weighted by atomic mass is 9.81. The van der Waals surface area contributed by atoms with Crippen molar-refractivity contribution >= 4 is 0 Å². The van der Waals surface area contributed by atoms with Gasteiger partial charge in [-0.15, -0.1) is 0 Å². The second-order valence-electron chi connectivity index (χ2n) is 4.40. The van der Waals surface area contributed by atoms with E-state index in [1.54, 1.807) is 0 Å². The van der Waals surface area contributed by atoms with Crippen molar-refractivity contribution in [3.8, 4) is 0 Å². The molecule has 0 radical (unpaired) electrons. The molecule has 2 N–H and O–H groups in total. The van der Waals surface area contributed by atoms with Gasteiger partial charge in [-0.1, -0.05) is 36.4 Å². The highest BCUT2D eigenvalue weighted by atomic mass is 19.1. The van der Waals surface area contributed by atoms with Crippen LogP contribution in [0, 0.1) is 11.6 Å². The molecule has 0 heterocycles. The van der Waals surface area contributed by atoms with Crippen LogP contribution in [0.4, 0.5) is 8.78 Å². The Morgan fingerprint density at radius 1 is 0.895 bits per heavy atom. The van der Waals surface area contributed by atoms with Crippen molar-refractivity contribution in [3.05, 3.63) is 71.3 Å². The molecule has 2 rings (SSSR count). The van der Waals surface area contributed by atoms with Gasteiger partial charge in [-0.2, -0.15) is 0 Å². The van der Waals surface area contributed by atoms with Gasteiger partial charge in [0, 0.05) is 11.1 Å². The largest absolute Gasteiger partial charge is 0.390 e. The first-order valence-corrected chi connectivity index (χ1v) is 5.88. The molecule has 19 heavy (non-hydrogen) atoms. The summed E-state index contributed by atoms with van der Waals surface area (Å²) in [6.45, 7) is 1.29. The molecular formula is C15H14F2O2. The van der Waals surface area contributed by atoms with E-state index in [1.807, 2.05) is 0 Å². The number of aliphatic hydroxyl groups excluding tert-OH is 1. The van der Waals surface area contributed by atoms with Crippen molar-refractivity contribution in [1.82, 2.24) is 0 Å². The second-order valence-corrected chi connectivity index (χ2v) is 4.40. The quantitative estimate of drug-likeness (QED) is 0.894. The van der Waals surface area contributed by atoms with Gasteiger partial charge in [0.15, 0.2) is 0 Å². The van der Waals surface area contributed by atoms with Gasteiger partial charge < -0.3 is 10.2 Å². The summed E-state index contributed by atoms with van der Waals surface area (Å²) >= 11 is 0. The summed E-state index contributed by atoms with van der Waals surface area (Å²) < 4.78 is 27.7. The number of benzene rings is 2. The Balaban J connectivity index is 2.70. The number of hydrogen-bond acceptors (Lipinski definition) is 2. The standard InChI is InChI=1S/C15H14F2O2/c1-10(18)15(19,11-6-2-4-8-13(11)16)12-7-3-5-9-14(12)17/h2-10,18-19H,1H3/t10-/m0/s1. The van der Waals surface area contributed by atoms with Crippen LogP contribution in [0.5, 0.6) is 0 Å². The smallest absolute Gasteiger partial charge is 0.146 e. The number of halogens is 2. The maximum atomic E-state index is 13.9. The van der Waals surface area contributed by atoms with Crippen LogP contribution >= 0.6 is 0 Å². The summed E-state index contributed by atoms with van der Waals surface area (Å²) in [5, 5.41) is 20.5. The Bertz CT molecular complexity index is 536.